The lowest BCUT2D eigenvalue weighted by Crippen LogP contribution is -2.45. The number of unbranched alkanes of at least 4 members (excludes halogenated alkanes) is 2. The number of hydrogen-bond donors (Lipinski definition) is 2. The molecule has 11 heteroatoms. The van der Waals surface area contributed by atoms with Crippen molar-refractivity contribution in [3.8, 4) is 17.2 Å². The predicted molar refractivity (Wildman–Crippen MR) is 208 cm³/mol. The lowest BCUT2D eigenvalue weighted by molar-refractivity contribution is 0.0737. The van der Waals surface area contributed by atoms with E-state index >= 15 is 0 Å². The van der Waals surface area contributed by atoms with Crippen LogP contribution in [0.4, 0.5) is 11.4 Å². The Kier molecular flexibility index (Phi) is 12.9. The van der Waals surface area contributed by atoms with Gasteiger partial charge in [-0.15, -0.1) is 0 Å². The zero-order valence-corrected chi connectivity index (χ0v) is 33.5. The minimum Gasteiger partial charge on any atom is -0.493 e. The number of hydrogen-bond acceptors (Lipinski definition) is 8. The molecule has 1 unspecified atom stereocenters. The molecule has 280 valence electrons. The first kappa shape index (κ1) is 39.8. The van der Waals surface area contributed by atoms with Gasteiger partial charge in [-0.1, -0.05) is 38.8 Å². The van der Waals surface area contributed by atoms with Crippen molar-refractivity contribution in [1.82, 2.24) is 9.80 Å². The van der Waals surface area contributed by atoms with E-state index in [1.165, 1.54) is 5.57 Å². The highest BCUT2D eigenvalue weighted by Gasteiger charge is 2.39. The molecule has 2 aliphatic heterocycles. The molecule has 0 saturated carbocycles. The number of carbonyl (C=O) groups excluding carboxylic acids is 2. The standard InChI is InChI=1S/C40H60N4O6Si/c1-11-29-17-26(2)23-43(29)39(46)32-20-36(47-8)37(22-34(32)42)49-16-14-12-13-15-48-35-21-33(41)31(19-28(35)4)38(45)44-24-27(3)18-30(44)25-50-51(9,10)40(5,6)7/h19-24,29-30H,11-18,25,41-42H2,1-10H3/t29?,30-/m0/s1. The molecule has 0 aromatic heterocycles. The Hall–Kier alpha value is -3.96. The Labute approximate surface area is 306 Å². The van der Waals surface area contributed by atoms with Crippen molar-refractivity contribution in [2.45, 2.75) is 117 Å². The molecule has 0 fully saturated rings. The number of aryl methyl sites for hydroxylation is 1. The summed E-state index contributed by atoms with van der Waals surface area (Å²) in [5.41, 5.74) is 17.6. The summed E-state index contributed by atoms with van der Waals surface area (Å²) in [6, 6.07) is 7.03. The monoisotopic (exact) mass is 720 g/mol. The van der Waals surface area contributed by atoms with Crippen molar-refractivity contribution in [1.29, 1.82) is 0 Å². The van der Waals surface area contributed by atoms with Crippen LogP contribution in [0.15, 0.2) is 47.8 Å². The highest BCUT2D eigenvalue weighted by molar-refractivity contribution is 6.74. The van der Waals surface area contributed by atoms with E-state index < -0.39 is 8.32 Å². The Morgan fingerprint density at radius 3 is 1.84 bits per heavy atom. The van der Waals surface area contributed by atoms with Gasteiger partial charge in [-0.2, -0.15) is 0 Å². The van der Waals surface area contributed by atoms with Crippen molar-refractivity contribution in [3.05, 3.63) is 64.5 Å². The molecule has 2 aliphatic rings. The fraction of sp³-hybridized carbons (Fsp3) is 0.550. The number of rotatable bonds is 15. The molecule has 4 rings (SSSR count). The van der Waals surface area contributed by atoms with E-state index in [0.29, 0.717) is 59.6 Å². The highest BCUT2D eigenvalue weighted by Crippen LogP contribution is 2.38. The van der Waals surface area contributed by atoms with E-state index in [4.69, 9.17) is 30.1 Å². The second kappa shape index (κ2) is 16.6. The lowest BCUT2D eigenvalue weighted by Gasteiger charge is -2.38. The number of carbonyl (C=O) groups is 2. The molecule has 10 nitrogen and oxygen atoms in total. The van der Waals surface area contributed by atoms with Crippen LogP contribution < -0.4 is 25.7 Å². The highest BCUT2D eigenvalue weighted by atomic mass is 28.4. The van der Waals surface area contributed by atoms with Gasteiger partial charge in [-0.25, -0.2) is 0 Å². The normalized spacial score (nSPS) is 17.8. The average Bonchev–Trinajstić information content (AvgIpc) is 3.64. The SMILES string of the molecule is CCC1CC(C)=CN1C(=O)c1cc(OC)c(OCCCCCOc2cc(N)c(C(=O)N3C=C(C)C[C@H]3CO[Si](C)(C)C(C)(C)C)cc2C)cc1N. The van der Waals surface area contributed by atoms with E-state index in [1.54, 1.807) is 35.1 Å². The zero-order valence-electron chi connectivity index (χ0n) is 32.5. The summed E-state index contributed by atoms with van der Waals surface area (Å²) in [6.07, 6.45) is 8.85. The second-order valence-corrected chi connectivity index (χ2v) is 20.4. The third-order valence-electron chi connectivity index (χ3n) is 10.5. The van der Waals surface area contributed by atoms with Gasteiger partial charge in [0, 0.05) is 41.9 Å². The smallest absolute Gasteiger partial charge is 0.260 e. The van der Waals surface area contributed by atoms with Crippen LogP contribution in [0, 0.1) is 6.92 Å². The van der Waals surface area contributed by atoms with E-state index in [9.17, 15) is 9.59 Å². The topological polar surface area (TPSA) is 130 Å². The summed E-state index contributed by atoms with van der Waals surface area (Å²) < 4.78 is 24.2. The maximum absolute atomic E-state index is 13.7. The molecule has 2 aromatic carbocycles. The first-order valence-corrected chi connectivity index (χ1v) is 21.1. The molecule has 51 heavy (non-hydrogen) atoms. The summed E-state index contributed by atoms with van der Waals surface area (Å²) in [6.45, 7) is 20.7. The third-order valence-corrected chi connectivity index (χ3v) is 15.0. The van der Waals surface area contributed by atoms with Gasteiger partial charge in [0.2, 0.25) is 0 Å². The van der Waals surface area contributed by atoms with Crippen LogP contribution in [0.25, 0.3) is 0 Å². The third kappa shape index (κ3) is 9.48. The maximum atomic E-state index is 13.7. The van der Waals surface area contributed by atoms with Crippen LogP contribution in [0.5, 0.6) is 17.2 Å². The number of methoxy groups -OCH3 is 1. The molecular weight excluding hydrogens is 661 g/mol. The lowest BCUT2D eigenvalue weighted by atomic mass is 10.1. The fourth-order valence-electron chi connectivity index (χ4n) is 6.28. The Bertz CT molecular complexity index is 1650. The molecule has 2 aromatic rings. The molecule has 0 radical (unpaired) electrons. The van der Waals surface area contributed by atoms with E-state index in [0.717, 1.165) is 49.7 Å². The Morgan fingerprint density at radius 1 is 0.784 bits per heavy atom. The fourth-order valence-corrected chi connectivity index (χ4v) is 7.32. The number of benzene rings is 2. The van der Waals surface area contributed by atoms with Gasteiger partial charge in [-0.05, 0) is 95.1 Å². The largest absolute Gasteiger partial charge is 0.493 e. The van der Waals surface area contributed by atoms with E-state index in [2.05, 4.69) is 40.8 Å². The Morgan fingerprint density at radius 2 is 1.29 bits per heavy atom. The molecular formula is C40H60N4O6Si. The van der Waals surface area contributed by atoms with Gasteiger partial charge in [0.05, 0.1) is 44.1 Å². The van der Waals surface area contributed by atoms with Gasteiger partial charge in [0.1, 0.15) is 5.75 Å². The molecule has 0 bridgehead atoms. The summed E-state index contributed by atoms with van der Waals surface area (Å²) in [4.78, 5) is 30.6. The number of nitrogens with two attached hydrogens (primary N) is 2. The summed E-state index contributed by atoms with van der Waals surface area (Å²) in [5.74, 6) is 1.41. The second-order valence-electron chi connectivity index (χ2n) is 15.6. The number of anilines is 2. The van der Waals surface area contributed by atoms with Gasteiger partial charge < -0.3 is 39.9 Å². The zero-order chi connectivity index (χ0) is 37.7. The first-order valence-electron chi connectivity index (χ1n) is 18.2. The predicted octanol–water partition coefficient (Wildman–Crippen LogP) is 8.46. The number of amides is 2. The van der Waals surface area contributed by atoms with E-state index in [-0.39, 0.29) is 28.9 Å². The molecule has 2 heterocycles. The van der Waals surface area contributed by atoms with Crippen molar-refractivity contribution in [2.24, 2.45) is 0 Å². The van der Waals surface area contributed by atoms with E-state index in [1.807, 2.05) is 39.2 Å². The molecule has 0 saturated heterocycles. The molecule has 0 spiro atoms. The summed E-state index contributed by atoms with van der Waals surface area (Å²) >= 11 is 0. The summed E-state index contributed by atoms with van der Waals surface area (Å²) in [7, 11) is -0.398. The van der Waals surface area contributed by atoms with Crippen molar-refractivity contribution < 1.29 is 28.2 Å². The molecule has 0 aliphatic carbocycles. The number of ether oxygens (including phenoxy) is 3. The van der Waals surface area contributed by atoms with Crippen LogP contribution >= 0.6 is 0 Å². The number of nitrogens with zero attached hydrogens (tertiary/aromatic N) is 2. The van der Waals surface area contributed by atoms with Crippen LogP contribution in [0.3, 0.4) is 0 Å². The van der Waals surface area contributed by atoms with Crippen LogP contribution in [0.1, 0.15) is 106 Å². The minimum absolute atomic E-state index is 0.0521. The maximum Gasteiger partial charge on any atom is 0.260 e. The molecule has 4 N–H and O–H groups in total. The van der Waals surface area contributed by atoms with Gasteiger partial charge >= 0.3 is 0 Å². The number of nitrogen functional groups attached to an aromatic ring is 2. The van der Waals surface area contributed by atoms with Crippen molar-refractivity contribution in [2.75, 3.05) is 38.4 Å². The van der Waals surface area contributed by atoms with Crippen LogP contribution in [0.2, 0.25) is 18.1 Å². The van der Waals surface area contributed by atoms with Gasteiger partial charge in [0.15, 0.2) is 19.8 Å². The van der Waals surface area contributed by atoms with Crippen LogP contribution in [-0.4, -0.2) is 68.9 Å². The minimum atomic E-state index is -1.96. The first-order chi connectivity index (χ1) is 24.0. The average molecular weight is 721 g/mol. The molecule has 2 atom stereocenters. The van der Waals surface area contributed by atoms with Gasteiger partial charge in [0.25, 0.3) is 11.8 Å². The van der Waals surface area contributed by atoms with Gasteiger partial charge in [-0.3, -0.25) is 9.59 Å². The summed E-state index contributed by atoms with van der Waals surface area (Å²) in [5, 5.41) is 0.0944. The van der Waals surface area contributed by atoms with Crippen LogP contribution in [-0.2, 0) is 4.43 Å². The van der Waals surface area contributed by atoms with Crippen molar-refractivity contribution in [3.63, 3.8) is 0 Å². The quantitative estimate of drug-likeness (QED) is 0.107. The molecule has 2 amide bonds. The Balaban J connectivity index is 1.26. The van der Waals surface area contributed by atoms with Crippen molar-refractivity contribution >= 4 is 31.5 Å².